The Balaban J connectivity index is 1.49. The summed E-state index contributed by atoms with van der Waals surface area (Å²) >= 11 is 0. The summed E-state index contributed by atoms with van der Waals surface area (Å²) in [6, 6.07) is 0.194. The maximum absolute atomic E-state index is 13.5. The zero-order valence-corrected chi connectivity index (χ0v) is 20.2. The van der Waals surface area contributed by atoms with Crippen molar-refractivity contribution >= 4 is 12.0 Å². The standard InChI is InChI=1S/C26H41N3O3/c1-27(2)26(22-11-5-4-6-12-22)16-14-25(15-17-26)20-28(18-8-13-23(30)32-3)24(31)29(25)19-21-9-7-10-21/h4-6,11,21-22H,7-10,12-20H2,1-3H3. The van der Waals surface area contributed by atoms with Gasteiger partial charge < -0.3 is 19.4 Å². The molecule has 0 radical (unpaired) electrons. The molecule has 0 aromatic carbocycles. The molecule has 1 aliphatic heterocycles. The van der Waals surface area contributed by atoms with Crippen LogP contribution >= 0.6 is 0 Å². The monoisotopic (exact) mass is 443 g/mol. The molecule has 2 amide bonds. The number of hydrogen-bond acceptors (Lipinski definition) is 4. The van der Waals surface area contributed by atoms with Gasteiger partial charge in [-0.05, 0) is 77.3 Å². The Kier molecular flexibility index (Phi) is 6.99. The summed E-state index contributed by atoms with van der Waals surface area (Å²) in [6.45, 7) is 2.36. The first-order chi connectivity index (χ1) is 15.4. The van der Waals surface area contributed by atoms with E-state index in [2.05, 4.69) is 48.2 Å². The van der Waals surface area contributed by atoms with Gasteiger partial charge in [-0.2, -0.15) is 0 Å². The van der Waals surface area contributed by atoms with E-state index in [0.29, 0.717) is 31.2 Å². The van der Waals surface area contributed by atoms with E-state index in [1.807, 2.05) is 4.90 Å². The van der Waals surface area contributed by atoms with Crippen LogP contribution in [0.3, 0.4) is 0 Å². The van der Waals surface area contributed by atoms with Gasteiger partial charge in [0.2, 0.25) is 0 Å². The number of esters is 1. The molecule has 0 N–H and O–H groups in total. The number of ether oxygens (including phenoxy) is 1. The van der Waals surface area contributed by atoms with Gasteiger partial charge in [-0.3, -0.25) is 4.79 Å². The molecule has 32 heavy (non-hydrogen) atoms. The van der Waals surface area contributed by atoms with Crippen molar-refractivity contribution < 1.29 is 14.3 Å². The van der Waals surface area contributed by atoms with Crippen LogP contribution in [0.15, 0.2) is 24.3 Å². The summed E-state index contributed by atoms with van der Waals surface area (Å²) < 4.78 is 4.78. The fraction of sp³-hybridized carbons (Fsp3) is 0.769. The molecule has 0 aromatic rings. The highest BCUT2D eigenvalue weighted by atomic mass is 16.5. The summed E-state index contributed by atoms with van der Waals surface area (Å²) in [6.07, 6.45) is 19.4. The van der Waals surface area contributed by atoms with Gasteiger partial charge >= 0.3 is 12.0 Å². The molecule has 1 heterocycles. The average Bonchev–Trinajstić information content (AvgIpc) is 3.02. The van der Waals surface area contributed by atoms with Crippen LogP contribution in [0, 0.1) is 11.8 Å². The molecule has 178 valence electrons. The van der Waals surface area contributed by atoms with Crippen molar-refractivity contribution in [2.45, 2.75) is 75.3 Å². The van der Waals surface area contributed by atoms with Crippen LogP contribution in [0.4, 0.5) is 4.79 Å². The highest BCUT2D eigenvalue weighted by molar-refractivity contribution is 5.78. The fourth-order valence-electron chi connectivity index (χ4n) is 6.48. The summed E-state index contributed by atoms with van der Waals surface area (Å²) in [5.41, 5.74) is 0.113. The van der Waals surface area contributed by atoms with Crippen LogP contribution in [0.25, 0.3) is 0 Å². The van der Waals surface area contributed by atoms with E-state index in [4.69, 9.17) is 4.74 Å². The minimum absolute atomic E-state index is 0.0499. The first kappa shape index (κ1) is 23.3. The molecule has 4 aliphatic rings. The van der Waals surface area contributed by atoms with E-state index < -0.39 is 0 Å². The molecule has 6 nitrogen and oxygen atoms in total. The van der Waals surface area contributed by atoms with Crippen LogP contribution in [-0.4, -0.2) is 78.6 Å². The molecule has 1 atom stereocenters. The lowest BCUT2D eigenvalue weighted by atomic mass is 9.64. The van der Waals surface area contributed by atoms with Gasteiger partial charge in [-0.25, -0.2) is 4.79 Å². The Morgan fingerprint density at radius 3 is 2.50 bits per heavy atom. The third kappa shape index (κ3) is 4.35. The second-order valence-corrected chi connectivity index (χ2v) is 10.7. The van der Waals surface area contributed by atoms with Gasteiger partial charge in [0.15, 0.2) is 0 Å². The lowest BCUT2D eigenvalue weighted by molar-refractivity contribution is -0.140. The number of nitrogens with zero attached hydrogens (tertiary/aromatic N) is 3. The second-order valence-electron chi connectivity index (χ2n) is 10.7. The van der Waals surface area contributed by atoms with Gasteiger partial charge in [0, 0.05) is 31.6 Å². The van der Waals surface area contributed by atoms with Crippen LogP contribution in [0.5, 0.6) is 0 Å². The van der Waals surface area contributed by atoms with Gasteiger partial charge in [0.05, 0.1) is 12.6 Å². The van der Waals surface area contributed by atoms with Gasteiger partial charge in [-0.15, -0.1) is 0 Å². The molecule has 3 aliphatic carbocycles. The maximum atomic E-state index is 13.5. The Hall–Kier alpha value is -1.82. The van der Waals surface area contributed by atoms with E-state index >= 15 is 0 Å². The van der Waals surface area contributed by atoms with Crippen molar-refractivity contribution in [3.05, 3.63) is 24.3 Å². The van der Waals surface area contributed by atoms with E-state index in [0.717, 1.165) is 45.2 Å². The maximum Gasteiger partial charge on any atom is 0.320 e. The van der Waals surface area contributed by atoms with E-state index in [1.54, 1.807) is 0 Å². The minimum atomic E-state index is -0.194. The highest BCUT2D eigenvalue weighted by Gasteiger charge is 2.55. The molecule has 6 heteroatoms. The molecule has 2 saturated carbocycles. The summed E-state index contributed by atoms with van der Waals surface area (Å²) in [5, 5.41) is 0. The quantitative estimate of drug-likeness (QED) is 0.527. The molecule has 3 fully saturated rings. The summed E-state index contributed by atoms with van der Waals surface area (Å²) in [7, 11) is 5.89. The number of hydrogen-bond donors (Lipinski definition) is 0. The average molecular weight is 444 g/mol. The predicted octanol–water partition coefficient (Wildman–Crippen LogP) is 4.22. The molecular weight excluding hydrogens is 402 g/mol. The van der Waals surface area contributed by atoms with Gasteiger partial charge in [0.25, 0.3) is 0 Å². The summed E-state index contributed by atoms with van der Waals surface area (Å²) in [4.78, 5) is 31.8. The Bertz CT molecular complexity index is 747. The van der Waals surface area contributed by atoms with Gasteiger partial charge in [0.1, 0.15) is 0 Å². The van der Waals surface area contributed by atoms with Crippen molar-refractivity contribution in [3.63, 3.8) is 0 Å². The fourth-order valence-corrected chi connectivity index (χ4v) is 6.48. The molecule has 1 unspecified atom stereocenters. The third-order valence-electron chi connectivity index (χ3n) is 8.87. The van der Waals surface area contributed by atoms with Crippen molar-refractivity contribution in [1.82, 2.24) is 14.7 Å². The number of rotatable bonds is 8. The van der Waals surface area contributed by atoms with Crippen molar-refractivity contribution in [1.29, 1.82) is 0 Å². The Morgan fingerprint density at radius 1 is 1.19 bits per heavy atom. The molecule has 1 spiro atoms. The molecule has 1 saturated heterocycles. The Labute approximate surface area is 193 Å². The number of allylic oxidation sites excluding steroid dienone is 3. The minimum Gasteiger partial charge on any atom is -0.469 e. The third-order valence-corrected chi connectivity index (χ3v) is 8.87. The van der Waals surface area contributed by atoms with Crippen molar-refractivity contribution in [2.24, 2.45) is 11.8 Å². The number of carbonyl (C=O) groups excluding carboxylic acids is 2. The van der Waals surface area contributed by atoms with Crippen molar-refractivity contribution in [3.8, 4) is 0 Å². The topological polar surface area (TPSA) is 53.1 Å². The van der Waals surface area contributed by atoms with Crippen LogP contribution in [0.2, 0.25) is 0 Å². The molecule has 0 bridgehead atoms. The number of urea groups is 1. The second kappa shape index (κ2) is 9.58. The predicted molar refractivity (Wildman–Crippen MR) is 126 cm³/mol. The number of methoxy groups -OCH3 is 1. The first-order valence-electron chi connectivity index (χ1n) is 12.5. The van der Waals surface area contributed by atoms with Gasteiger partial charge in [-0.1, -0.05) is 30.7 Å². The smallest absolute Gasteiger partial charge is 0.320 e. The largest absolute Gasteiger partial charge is 0.469 e. The lowest BCUT2D eigenvalue weighted by Gasteiger charge is -2.54. The van der Waals surface area contributed by atoms with E-state index in [9.17, 15) is 9.59 Å². The van der Waals surface area contributed by atoms with Crippen LogP contribution in [0.1, 0.15) is 64.2 Å². The molecular formula is C26H41N3O3. The van der Waals surface area contributed by atoms with Crippen molar-refractivity contribution in [2.75, 3.05) is 40.8 Å². The Morgan fingerprint density at radius 2 is 1.94 bits per heavy atom. The first-order valence-corrected chi connectivity index (χ1v) is 12.5. The van der Waals surface area contributed by atoms with Crippen LogP contribution in [-0.2, 0) is 9.53 Å². The SMILES string of the molecule is COC(=O)CCCN1CC2(CCC(C3C=CC=CC3)(N(C)C)CC2)N(CC2CCC2)C1=O. The molecule has 4 rings (SSSR count). The normalized spacial score (nSPS) is 32.8. The summed E-state index contributed by atoms with van der Waals surface area (Å²) in [5.74, 6) is 1.01. The molecule has 0 aromatic heterocycles. The van der Waals surface area contributed by atoms with E-state index in [-0.39, 0.29) is 23.1 Å². The number of carbonyl (C=O) groups is 2. The van der Waals surface area contributed by atoms with E-state index in [1.165, 1.54) is 26.4 Å². The zero-order chi connectivity index (χ0) is 22.8. The zero-order valence-electron chi connectivity index (χ0n) is 20.2. The lowest BCUT2D eigenvalue weighted by Crippen LogP contribution is -2.59. The number of amides is 2. The van der Waals surface area contributed by atoms with Crippen LogP contribution < -0.4 is 0 Å². The highest BCUT2D eigenvalue weighted by Crippen LogP contribution is 2.49.